The number of rotatable bonds is 6. The van der Waals surface area contributed by atoms with Crippen LogP contribution in [0, 0.1) is 17.8 Å². The molecule has 33 heavy (non-hydrogen) atoms. The first-order chi connectivity index (χ1) is 15.5. The van der Waals surface area contributed by atoms with Crippen molar-refractivity contribution in [2.24, 2.45) is 10.8 Å². The maximum Gasteiger partial charge on any atom is 0.259 e. The van der Waals surface area contributed by atoms with Crippen molar-refractivity contribution in [3.05, 3.63) is 70.1 Å². The molecule has 1 saturated carbocycles. The number of carbonyl (C=O) groups excluding carboxylic acids is 2. The van der Waals surface area contributed by atoms with E-state index in [1.165, 1.54) is 6.20 Å². The second-order valence-electron chi connectivity index (χ2n) is 10.7. The van der Waals surface area contributed by atoms with Crippen molar-refractivity contribution >= 4 is 11.8 Å². The summed E-state index contributed by atoms with van der Waals surface area (Å²) >= 11 is 0. The fourth-order valence-electron chi connectivity index (χ4n) is 5.90. The van der Waals surface area contributed by atoms with Gasteiger partial charge >= 0.3 is 0 Å². The van der Waals surface area contributed by atoms with E-state index in [1.54, 1.807) is 16.8 Å². The van der Waals surface area contributed by atoms with Gasteiger partial charge in [-0.2, -0.15) is 0 Å². The van der Waals surface area contributed by atoms with Crippen LogP contribution in [0.15, 0.2) is 46.4 Å². The SMILES string of the molecule is C=CCNC(=O)c1cn(Cc2ccc(C)o2)cc(C(=O)N2C[C@@]3(C)C[C@@H]2CC(C)(C)C3)c1=O. The number of nitrogens with one attached hydrogen (secondary N) is 1. The molecule has 3 heterocycles. The van der Waals surface area contributed by atoms with E-state index < -0.39 is 11.3 Å². The number of likely N-dealkylation sites (tertiary alicyclic amines) is 1. The largest absolute Gasteiger partial charge is 0.464 e. The summed E-state index contributed by atoms with van der Waals surface area (Å²) in [5.41, 5.74) is -0.375. The van der Waals surface area contributed by atoms with Crippen molar-refractivity contribution in [1.29, 1.82) is 0 Å². The summed E-state index contributed by atoms with van der Waals surface area (Å²) in [5, 5.41) is 2.66. The molecule has 0 aromatic carbocycles. The van der Waals surface area contributed by atoms with Crippen LogP contribution in [0.1, 0.15) is 72.3 Å². The molecule has 2 atom stereocenters. The number of amides is 2. The van der Waals surface area contributed by atoms with E-state index in [2.05, 4.69) is 32.7 Å². The predicted molar refractivity (Wildman–Crippen MR) is 126 cm³/mol. The Morgan fingerprint density at radius 2 is 1.94 bits per heavy atom. The molecule has 176 valence electrons. The molecular weight excluding hydrogens is 418 g/mol. The van der Waals surface area contributed by atoms with Gasteiger partial charge in [-0.3, -0.25) is 14.4 Å². The topological polar surface area (TPSA) is 84.6 Å². The van der Waals surface area contributed by atoms with Crippen molar-refractivity contribution in [2.75, 3.05) is 13.1 Å². The van der Waals surface area contributed by atoms with Crippen LogP contribution in [0.25, 0.3) is 0 Å². The number of carbonyl (C=O) groups is 2. The van der Waals surface area contributed by atoms with E-state index in [9.17, 15) is 14.4 Å². The summed E-state index contributed by atoms with van der Waals surface area (Å²) in [5.74, 6) is 0.631. The van der Waals surface area contributed by atoms with Gasteiger partial charge in [0.25, 0.3) is 11.8 Å². The molecular formula is C26H33N3O4. The van der Waals surface area contributed by atoms with E-state index in [0.717, 1.165) is 25.0 Å². The Balaban J connectivity index is 1.72. The van der Waals surface area contributed by atoms with Crippen LogP contribution in [0.5, 0.6) is 0 Å². The maximum absolute atomic E-state index is 13.7. The van der Waals surface area contributed by atoms with Gasteiger partial charge in [0.1, 0.15) is 22.6 Å². The summed E-state index contributed by atoms with van der Waals surface area (Å²) < 4.78 is 7.35. The molecule has 2 aliphatic rings. The fourth-order valence-corrected chi connectivity index (χ4v) is 5.90. The minimum absolute atomic E-state index is 0.0264. The lowest BCUT2D eigenvalue weighted by Crippen LogP contribution is -2.41. The van der Waals surface area contributed by atoms with Crippen molar-refractivity contribution in [1.82, 2.24) is 14.8 Å². The number of nitrogens with zero attached hydrogens (tertiary/aromatic N) is 2. The molecule has 4 rings (SSSR count). The van der Waals surface area contributed by atoms with Crippen molar-refractivity contribution in [3.63, 3.8) is 0 Å². The zero-order valence-electron chi connectivity index (χ0n) is 19.9. The summed E-state index contributed by atoms with van der Waals surface area (Å²) in [7, 11) is 0. The van der Waals surface area contributed by atoms with Gasteiger partial charge in [-0.1, -0.05) is 26.8 Å². The van der Waals surface area contributed by atoms with E-state index in [0.29, 0.717) is 18.8 Å². The van der Waals surface area contributed by atoms with Crippen molar-refractivity contribution in [3.8, 4) is 0 Å². The molecule has 1 aliphatic heterocycles. The summed E-state index contributed by atoms with van der Waals surface area (Å²) in [6.45, 7) is 13.3. The summed E-state index contributed by atoms with van der Waals surface area (Å²) in [4.78, 5) is 41.6. The van der Waals surface area contributed by atoms with Gasteiger partial charge in [-0.05, 0) is 49.1 Å². The molecule has 1 N–H and O–H groups in total. The molecule has 1 aliphatic carbocycles. The van der Waals surface area contributed by atoms with E-state index in [4.69, 9.17) is 4.42 Å². The van der Waals surface area contributed by atoms with Gasteiger partial charge in [0.15, 0.2) is 0 Å². The van der Waals surface area contributed by atoms with Crippen LogP contribution in [-0.4, -0.2) is 40.4 Å². The summed E-state index contributed by atoms with van der Waals surface area (Å²) in [6.07, 6.45) is 7.50. The molecule has 7 nitrogen and oxygen atoms in total. The average Bonchev–Trinajstić information content (AvgIpc) is 3.24. The first-order valence-electron chi connectivity index (χ1n) is 11.5. The Hall–Kier alpha value is -3.09. The van der Waals surface area contributed by atoms with Crippen LogP contribution in [0.2, 0.25) is 0 Å². The number of fused-ring (bicyclic) bond motifs is 2. The van der Waals surface area contributed by atoms with E-state index >= 15 is 0 Å². The lowest BCUT2D eigenvalue weighted by molar-refractivity contribution is 0.0706. The number of aromatic nitrogens is 1. The molecule has 0 unspecified atom stereocenters. The molecule has 0 spiro atoms. The Bertz CT molecular complexity index is 1160. The van der Waals surface area contributed by atoms with E-state index in [-0.39, 0.29) is 40.5 Å². The first-order valence-corrected chi connectivity index (χ1v) is 11.5. The Morgan fingerprint density at radius 1 is 1.21 bits per heavy atom. The quantitative estimate of drug-likeness (QED) is 0.678. The minimum atomic E-state index is -0.542. The number of hydrogen-bond acceptors (Lipinski definition) is 4. The van der Waals surface area contributed by atoms with Crippen LogP contribution >= 0.6 is 0 Å². The molecule has 2 amide bonds. The highest BCUT2D eigenvalue weighted by Crippen LogP contribution is 2.52. The Labute approximate surface area is 194 Å². The lowest BCUT2D eigenvalue weighted by atomic mass is 9.65. The molecule has 2 aromatic rings. The van der Waals surface area contributed by atoms with Gasteiger partial charge in [0.05, 0.1) is 6.54 Å². The first kappa shape index (κ1) is 23.1. The molecule has 2 aromatic heterocycles. The van der Waals surface area contributed by atoms with Crippen LogP contribution in [-0.2, 0) is 6.54 Å². The smallest absolute Gasteiger partial charge is 0.259 e. The highest BCUT2D eigenvalue weighted by molar-refractivity contribution is 5.99. The van der Waals surface area contributed by atoms with Gasteiger partial charge in [0.2, 0.25) is 5.43 Å². The fraction of sp³-hybridized carbons (Fsp3) is 0.500. The average molecular weight is 452 g/mol. The normalized spacial score (nSPS) is 23.4. The third-order valence-corrected chi connectivity index (χ3v) is 6.77. The Morgan fingerprint density at radius 3 is 2.61 bits per heavy atom. The van der Waals surface area contributed by atoms with Crippen LogP contribution in [0.4, 0.5) is 0 Å². The van der Waals surface area contributed by atoms with Crippen molar-refractivity contribution < 1.29 is 14.0 Å². The maximum atomic E-state index is 13.7. The minimum Gasteiger partial charge on any atom is -0.464 e. The summed E-state index contributed by atoms with van der Waals surface area (Å²) in [6, 6.07) is 3.80. The van der Waals surface area contributed by atoms with Crippen molar-refractivity contribution in [2.45, 2.75) is 59.5 Å². The third kappa shape index (κ3) is 4.68. The van der Waals surface area contributed by atoms with Gasteiger partial charge < -0.3 is 19.2 Å². The second-order valence-corrected chi connectivity index (χ2v) is 10.7. The van der Waals surface area contributed by atoms with Crippen LogP contribution < -0.4 is 10.7 Å². The third-order valence-electron chi connectivity index (χ3n) is 6.77. The zero-order chi connectivity index (χ0) is 24.0. The number of pyridine rings is 1. The van der Waals surface area contributed by atoms with Crippen LogP contribution in [0.3, 0.4) is 0 Å². The molecule has 2 fully saturated rings. The lowest BCUT2D eigenvalue weighted by Gasteiger charge is -2.39. The number of furan rings is 1. The molecule has 1 saturated heterocycles. The van der Waals surface area contributed by atoms with Gasteiger partial charge in [0, 0.05) is 31.5 Å². The predicted octanol–water partition coefficient (Wildman–Crippen LogP) is 3.75. The molecule has 2 bridgehead atoms. The standard InChI is InChI=1S/C26H33N3O4/c1-6-9-27-23(31)20-13-28(12-19-8-7-17(2)33-19)14-21(22(20)30)24(32)29-16-26(5)11-18(29)10-25(3,4)15-26/h6-8,13-14,18H,1,9-12,15-16H2,2-5H3,(H,27,31)/t18-,26-/m0/s1. The molecule has 0 radical (unpaired) electrons. The zero-order valence-corrected chi connectivity index (χ0v) is 19.9. The highest BCUT2D eigenvalue weighted by Gasteiger charge is 2.51. The Kier molecular flexibility index (Phi) is 5.85. The monoisotopic (exact) mass is 451 g/mol. The highest BCUT2D eigenvalue weighted by atomic mass is 16.3. The molecule has 7 heteroatoms. The number of hydrogen-bond donors (Lipinski definition) is 1. The van der Waals surface area contributed by atoms with E-state index in [1.807, 2.05) is 24.0 Å². The number of aryl methyl sites for hydroxylation is 1. The van der Waals surface area contributed by atoms with Gasteiger partial charge in [-0.15, -0.1) is 6.58 Å². The van der Waals surface area contributed by atoms with Gasteiger partial charge in [-0.25, -0.2) is 0 Å². The second kappa shape index (κ2) is 8.36.